The zero-order valence-electron chi connectivity index (χ0n) is 8.76. The normalized spacial score (nSPS) is 10.2. The molecule has 2 rings (SSSR count). The van der Waals surface area contributed by atoms with Crippen LogP contribution in [0, 0.1) is 10.1 Å². The van der Waals surface area contributed by atoms with Crippen molar-refractivity contribution in [3.8, 4) is 11.1 Å². The van der Waals surface area contributed by atoms with Gasteiger partial charge in [-0.25, -0.2) is 0 Å². The summed E-state index contributed by atoms with van der Waals surface area (Å²) in [7, 11) is 0. The Labute approximate surface area is 103 Å². The molecule has 0 aliphatic heterocycles. The van der Waals surface area contributed by atoms with Crippen molar-refractivity contribution in [2.24, 2.45) is 0 Å². The second-order valence-electron chi connectivity index (χ2n) is 3.51. The van der Waals surface area contributed by atoms with Gasteiger partial charge in [0.05, 0.1) is 4.92 Å². The molecule has 0 amide bonds. The first kappa shape index (κ1) is 11.4. The number of hydrogen-bond donors (Lipinski definition) is 1. The van der Waals surface area contributed by atoms with Crippen LogP contribution in [0.1, 0.15) is 0 Å². The van der Waals surface area contributed by atoms with Gasteiger partial charge in [-0.05, 0) is 17.7 Å². The summed E-state index contributed by atoms with van der Waals surface area (Å²) in [6.07, 6.45) is 0. The zero-order chi connectivity index (χ0) is 12.4. The minimum atomic E-state index is -0.504. The maximum absolute atomic E-state index is 10.8. The molecule has 0 radical (unpaired) electrons. The molecule has 0 atom stereocenters. The van der Waals surface area contributed by atoms with Crippen LogP contribution in [0.4, 0.5) is 11.4 Å². The summed E-state index contributed by atoms with van der Waals surface area (Å²) >= 11 is 6.03. The molecule has 2 N–H and O–H groups in total. The molecule has 0 saturated carbocycles. The monoisotopic (exact) mass is 248 g/mol. The predicted molar refractivity (Wildman–Crippen MR) is 68.0 cm³/mol. The minimum Gasteiger partial charge on any atom is -0.393 e. The highest BCUT2D eigenvalue weighted by Gasteiger charge is 2.13. The number of nitrogens with zero attached hydrogens (tertiary/aromatic N) is 1. The van der Waals surface area contributed by atoms with Gasteiger partial charge < -0.3 is 5.73 Å². The molecule has 0 aliphatic rings. The third kappa shape index (κ3) is 2.21. The van der Waals surface area contributed by atoms with E-state index in [0.717, 1.165) is 5.56 Å². The van der Waals surface area contributed by atoms with Crippen molar-refractivity contribution in [1.82, 2.24) is 0 Å². The van der Waals surface area contributed by atoms with Crippen molar-refractivity contribution in [2.75, 3.05) is 5.73 Å². The summed E-state index contributed by atoms with van der Waals surface area (Å²) in [4.78, 5) is 10.3. The number of nitrogen functional groups attached to an aromatic ring is 1. The van der Waals surface area contributed by atoms with E-state index < -0.39 is 4.92 Å². The van der Waals surface area contributed by atoms with Crippen LogP contribution >= 0.6 is 11.6 Å². The Kier molecular flexibility index (Phi) is 2.97. The van der Waals surface area contributed by atoms with Crippen LogP contribution in [0.5, 0.6) is 0 Å². The lowest BCUT2D eigenvalue weighted by atomic mass is 10.0. The fraction of sp³-hybridized carbons (Fsp3) is 0. The van der Waals surface area contributed by atoms with E-state index in [-0.39, 0.29) is 11.4 Å². The maximum Gasteiger partial charge on any atom is 0.292 e. The molecule has 0 aliphatic carbocycles. The van der Waals surface area contributed by atoms with Gasteiger partial charge in [-0.2, -0.15) is 0 Å². The molecule has 0 spiro atoms. The molecule has 0 saturated heterocycles. The van der Waals surface area contributed by atoms with Gasteiger partial charge >= 0.3 is 0 Å². The highest BCUT2D eigenvalue weighted by atomic mass is 35.5. The van der Waals surface area contributed by atoms with Crippen LogP contribution in [-0.4, -0.2) is 4.92 Å². The SMILES string of the molecule is Nc1ccc(-c2ccccc2Cl)cc1[N+](=O)[O-]. The number of nitro groups is 1. The van der Waals surface area contributed by atoms with Crippen molar-refractivity contribution in [3.05, 3.63) is 57.6 Å². The standard InChI is InChI=1S/C12H9ClN2O2/c13-10-4-2-1-3-9(10)8-5-6-11(14)12(7-8)15(16)17/h1-7H,14H2. The second-order valence-corrected chi connectivity index (χ2v) is 3.92. The Morgan fingerprint density at radius 3 is 2.53 bits per heavy atom. The molecule has 86 valence electrons. The molecule has 0 bridgehead atoms. The van der Waals surface area contributed by atoms with Crippen molar-refractivity contribution in [2.45, 2.75) is 0 Å². The Balaban J connectivity index is 2.58. The van der Waals surface area contributed by atoms with Crippen molar-refractivity contribution < 1.29 is 4.92 Å². The molecule has 0 heterocycles. The summed E-state index contributed by atoms with van der Waals surface area (Å²) in [5, 5.41) is 11.3. The Bertz CT molecular complexity index is 584. The molecule has 0 unspecified atom stereocenters. The van der Waals surface area contributed by atoms with Gasteiger partial charge in [0.2, 0.25) is 0 Å². The van der Waals surface area contributed by atoms with Crippen LogP contribution in [0.25, 0.3) is 11.1 Å². The lowest BCUT2D eigenvalue weighted by Crippen LogP contribution is -1.95. The molecular weight excluding hydrogens is 240 g/mol. The lowest BCUT2D eigenvalue weighted by molar-refractivity contribution is -0.383. The van der Waals surface area contributed by atoms with E-state index in [1.165, 1.54) is 12.1 Å². The Morgan fingerprint density at radius 1 is 1.18 bits per heavy atom. The average molecular weight is 249 g/mol. The first-order valence-electron chi connectivity index (χ1n) is 4.88. The Morgan fingerprint density at radius 2 is 1.88 bits per heavy atom. The van der Waals surface area contributed by atoms with Crippen molar-refractivity contribution >= 4 is 23.0 Å². The quantitative estimate of drug-likeness (QED) is 0.502. The largest absolute Gasteiger partial charge is 0.393 e. The zero-order valence-corrected chi connectivity index (χ0v) is 9.52. The van der Waals surface area contributed by atoms with Crippen LogP contribution in [0.2, 0.25) is 5.02 Å². The van der Waals surface area contributed by atoms with E-state index in [9.17, 15) is 10.1 Å². The molecule has 5 heteroatoms. The minimum absolute atomic E-state index is 0.109. The van der Waals surface area contributed by atoms with Gasteiger partial charge in [0, 0.05) is 16.7 Å². The van der Waals surface area contributed by atoms with E-state index in [0.29, 0.717) is 10.6 Å². The molecule has 0 aromatic heterocycles. The molecule has 2 aromatic carbocycles. The van der Waals surface area contributed by atoms with Gasteiger partial charge in [-0.3, -0.25) is 10.1 Å². The number of benzene rings is 2. The number of nitrogens with two attached hydrogens (primary N) is 1. The molecule has 2 aromatic rings. The second kappa shape index (κ2) is 4.43. The van der Waals surface area contributed by atoms with Gasteiger partial charge in [0.25, 0.3) is 5.69 Å². The highest BCUT2D eigenvalue weighted by molar-refractivity contribution is 6.33. The van der Waals surface area contributed by atoms with E-state index >= 15 is 0 Å². The van der Waals surface area contributed by atoms with Crippen molar-refractivity contribution in [1.29, 1.82) is 0 Å². The predicted octanol–water partition coefficient (Wildman–Crippen LogP) is 3.50. The topological polar surface area (TPSA) is 69.2 Å². The third-order valence-corrected chi connectivity index (χ3v) is 2.74. The van der Waals surface area contributed by atoms with Crippen molar-refractivity contribution in [3.63, 3.8) is 0 Å². The van der Waals surface area contributed by atoms with Gasteiger partial charge in [-0.1, -0.05) is 35.9 Å². The molecule has 0 fully saturated rings. The maximum atomic E-state index is 10.8. The number of rotatable bonds is 2. The number of nitro benzene ring substituents is 1. The first-order valence-corrected chi connectivity index (χ1v) is 5.26. The molecule has 17 heavy (non-hydrogen) atoms. The van der Waals surface area contributed by atoms with Crippen LogP contribution in [-0.2, 0) is 0 Å². The van der Waals surface area contributed by atoms with E-state index in [1.807, 2.05) is 6.07 Å². The summed E-state index contributed by atoms with van der Waals surface area (Å²) in [6, 6.07) is 11.8. The summed E-state index contributed by atoms with van der Waals surface area (Å²) in [6.45, 7) is 0. The summed E-state index contributed by atoms with van der Waals surface area (Å²) in [5.41, 5.74) is 6.99. The van der Waals surface area contributed by atoms with Crippen LogP contribution in [0.3, 0.4) is 0 Å². The van der Waals surface area contributed by atoms with E-state index in [4.69, 9.17) is 17.3 Å². The van der Waals surface area contributed by atoms with E-state index in [2.05, 4.69) is 0 Å². The van der Waals surface area contributed by atoms with Crippen LogP contribution < -0.4 is 5.73 Å². The number of hydrogen-bond acceptors (Lipinski definition) is 3. The highest BCUT2D eigenvalue weighted by Crippen LogP contribution is 2.32. The summed E-state index contributed by atoms with van der Waals surface area (Å²) in [5.74, 6) is 0. The number of anilines is 1. The average Bonchev–Trinajstić information content (AvgIpc) is 2.30. The molecule has 4 nitrogen and oxygen atoms in total. The summed E-state index contributed by atoms with van der Waals surface area (Å²) < 4.78 is 0. The first-order chi connectivity index (χ1) is 8.09. The van der Waals surface area contributed by atoms with Gasteiger partial charge in [-0.15, -0.1) is 0 Å². The smallest absolute Gasteiger partial charge is 0.292 e. The Hall–Kier alpha value is -2.07. The lowest BCUT2D eigenvalue weighted by Gasteiger charge is -2.05. The molecular formula is C12H9ClN2O2. The number of halogens is 1. The van der Waals surface area contributed by atoms with Gasteiger partial charge in [0.1, 0.15) is 5.69 Å². The third-order valence-electron chi connectivity index (χ3n) is 2.41. The fourth-order valence-corrected chi connectivity index (χ4v) is 1.81. The fourth-order valence-electron chi connectivity index (χ4n) is 1.56. The van der Waals surface area contributed by atoms with E-state index in [1.54, 1.807) is 24.3 Å². The van der Waals surface area contributed by atoms with Crippen LogP contribution in [0.15, 0.2) is 42.5 Å². The van der Waals surface area contributed by atoms with Gasteiger partial charge in [0.15, 0.2) is 0 Å².